The lowest BCUT2D eigenvalue weighted by Crippen LogP contribution is -2.32. The second kappa shape index (κ2) is 7.68. The molecule has 0 aliphatic carbocycles. The second-order valence-electron chi connectivity index (χ2n) is 5.06. The molecule has 1 atom stereocenters. The van der Waals surface area contributed by atoms with Crippen molar-refractivity contribution in [3.8, 4) is 0 Å². The quantitative estimate of drug-likeness (QED) is 0.392. The summed E-state index contributed by atoms with van der Waals surface area (Å²) in [5, 5.41) is 4.45. The highest BCUT2D eigenvalue weighted by molar-refractivity contribution is 14.1. The first-order valence-corrected chi connectivity index (χ1v) is 8.47. The Morgan fingerprint density at radius 2 is 2.24 bits per heavy atom. The predicted molar refractivity (Wildman–Crippen MR) is 96.8 cm³/mol. The number of likely N-dealkylation sites (N-methyl/N-ethyl adjacent to an activating group) is 1. The molecule has 7 heteroatoms. The third-order valence-electron chi connectivity index (χ3n) is 3.21. The standard InChI is InChI=1S/C14H19BrIN5/c1-20(2)6-7-21-14(12(15)9-18-21)13(19-17)10-4-3-5-11(16)8-10/h3-5,8-9,13,19H,6-7,17H2,1-2H3. The van der Waals surface area contributed by atoms with Crippen molar-refractivity contribution in [1.29, 1.82) is 0 Å². The van der Waals surface area contributed by atoms with Gasteiger partial charge >= 0.3 is 0 Å². The average Bonchev–Trinajstić information content (AvgIpc) is 2.79. The van der Waals surface area contributed by atoms with Gasteiger partial charge in [-0.25, -0.2) is 5.43 Å². The van der Waals surface area contributed by atoms with Gasteiger partial charge in [0.15, 0.2) is 0 Å². The number of halogens is 2. The van der Waals surface area contributed by atoms with E-state index in [0.29, 0.717) is 0 Å². The molecule has 3 N–H and O–H groups in total. The van der Waals surface area contributed by atoms with Gasteiger partial charge in [-0.15, -0.1) is 0 Å². The van der Waals surface area contributed by atoms with Crippen molar-refractivity contribution in [3.05, 3.63) is 49.8 Å². The molecule has 5 nitrogen and oxygen atoms in total. The Labute approximate surface area is 147 Å². The number of benzene rings is 1. The Morgan fingerprint density at radius 1 is 1.48 bits per heavy atom. The lowest BCUT2D eigenvalue weighted by molar-refractivity contribution is 0.365. The van der Waals surface area contributed by atoms with Gasteiger partial charge in [0.05, 0.1) is 29.0 Å². The van der Waals surface area contributed by atoms with Crippen molar-refractivity contribution in [2.24, 2.45) is 5.84 Å². The van der Waals surface area contributed by atoms with Crippen LogP contribution in [0.3, 0.4) is 0 Å². The molecule has 0 radical (unpaired) electrons. The summed E-state index contributed by atoms with van der Waals surface area (Å²) in [5.41, 5.74) is 5.07. The smallest absolute Gasteiger partial charge is 0.0890 e. The van der Waals surface area contributed by atoms with Crippen LogP contribution in [0.15, 0.2) is 34.9 Å². The van der Waals surface area contributed by atoms with Crippen LogP contribution < -0.4 is 11.3 Å². The van der Waals surface area contributed by atoms with Crippen LogP contribution in [0.4, 0.5) is 0 Å². The van der Waals surface area contributed by atoms with Gasteiger partial charge < -0.3 is 4.90 Å². The summed E-state index contributed by atoms with van der Waals surface area (Å²) >= 11 is 5.89. The molecule has 1 aromatic heterocycles. The van der Waals surface area contributed by atoms with Crippen molar-refractivity contribution in [2.45, 2.75) is 12.6 Å². The van der Waals surface area contributed by atoms with Gasteiger partial charge in [-0.3, -0.25) is 10.5 Å². The molecule has 0 aliphatic heterocycles. The van der Waals surface area contributed by atoms with Crippen LogP contribution in [0.5, 0.6) is 0 Å². The Morgan fingerprint density at radius 3 is 2.86 bits per heavy atom. The fourth-order valence-corrected chi connectivity index (χ4v) is 3.24. The van der Waals surface area contributed by atoms with Gasteiger partial charge in [-0.05, 0) is 70.3 Å². The number of nitrogens with two attached hydrogens (primary N) is 1. The molecule has 114 valence electrons. The van der Waals surface area contributed by atoms with Crippen LogP contribution in [-0.4, -0.2) is 35.3 Å². The maximum absolute atomic E-state index is 5.82. The Balaban J connectivity index is 2.35. The highest BCUT2D eigenvalue weighted by atomic mass is 127. The number of hydrogen-bond donors (Lipinski definition) is 2. The number of rotatable bonds is 6. The second-order valence-corrected chi connectivity index (χ2v) is 7.16. The Kier molecular flexibility index (Phi) is 6.18. The third-order valence-corrected chi connectivity index (χ3v) is 4.50. The number of hydrazine groups is 1. The molecule has 0 saturated heterocycles. The molecule has 1 unspecified atom stereocenters. The lowest BCUT2D eigenvalue weighted by atomic mass is 10.0. The summed E-state index contributed by atoms with van der Waals surface area (Å²) in [6.07, 6.45) is 1.82. The highest BCUT2D eigenvalue weighted by Gasteiger charge is 2.21. The molecular weight excluding hydrogens is 445 g/mol. The van der Waals surface area contributed by atoms with Crippen LogP contribution >= 0.6 is 38.5 Å². The molecule has 0 fully saturated rings. The van der Waals surface area contributed by atoms with Crippen LogP contribution in [0.2, 0.25) is 0 Å². The minimum atomic E-state index is -0.0984. The summed E-state index contributed by atoms with van der Waals surface area (Å²) in [6, 6.07) is 8.20. The first-order valence-electron chi connectivity index (χ1n) is 6.60. The zero-order valence-electron chi connectivity index (χ0n) is 12.1. The van der Waals surface area contributed by atoms with Crippen molar-refractivity contribution in [3.63, 3.8) is 0 Å². The third kappa shape index (κ3) is 4.26. The summed E-state index contributed by atoms with van der Waals surface area (Å²) in [7, 11) is 4.10. The van der Waals surface area contributed by atoms with Crippen molar-refractivity contribution >= 4 is 38.5 Å². The van der Waals surface area contributed by atoms with E-state index in [2.05, 4.69) is 86.2 Å². The van der Waals surface area contributed by atoms with Crippen molar-refractivity contribution < 1.29 is 0 Å². The maximum Gasteiger partial charge on any atom is 0.0890 e. The van der Waals surface area contributed by atoms with Crippen LogP contribution in [0, 0.1) is 3.57 Å². The summed E-state index contributed by atoms with van der Waals surface area (Å²) < 4.78 is 4.14. The van der Waals surface area contributed by atoms with Crippen LogP contribution in [0.1, 0.15) is 17.3 Å². The normalized spacial score (nSPS) is 12.9. The van der Waals surface area contributed by atoms with Gasteiger partial charge in [0, 0.05) is 10.1 Å². The topological polar surface area (TPSA) is 59.1 Å². The van der Waals surface area contributed by atoms with E-state index in [9.17, 15) is 0 Å². The molecule has 2 rings (SSSR count). The van der Waals surface area contributed by atoms with Crippen LogP contribution in [0.25, 0.3) is 0 Å². The van der Waals surface area contributed by atoms with E-state index in [1.165, 1.54) is 3.57 Å². The Bertz CT molecular complexity index is 599. The van der Waals surface area contributed by atoms with Gasteiger partial charge in [0.25, 0.3) is 0 Å². The molecule has 21 heavy (non-hydrogen) atoms. The van der Waals surface area contributed by atoms with E-state index < -0.39 is 0 Å². The first-order chi connectivity index (χ1) is 10.0. The monoisotopic (exact) mass is 463 g/mol. The highest BCUT2D eigenvalue weighted by Crippen LogP contribution is 2.28. The molecule has 1 aromatic carbocycles. The Hall–Kier alpha value is -0.480. The molecule has 2 aromatic rings. The van der Waals surface area contributed by atoms with Crippen molar-refractivity contribution in [1.82, 2.24) is 20.1 Å². The van der Waals surface area contributed by atoms with E-state index in [1.54, 1.807) is 0 Å². The maximum atomic E-state index is 5.82. The molecule has 1 heterocycles. The predicted octanol–water partition coefficient (Wildman–Crippen LogP) is 2.36. The summed E-state index contributed by atoms with van der Waals surface area (Å²) in [6.45, 7) is 1.74. The van der Waals surface area contributed by atoms with E-state index >= 15 is 0 Å². The van der Waals surface area contributed by atoms with Crippen LogP contribution in [-0.2, 0) is 6.54 Å². The number of hydrogen-bond acceptors (Lipinski definition) is 4. The van der Waals surface area contributed by atoms with Gasteiger partial charge in [-0.2, -0.15) is 5.10 Å². The summed E-state index contributed by atoms with van der Waals surface area (Å²) in [4.78, 5) is 2.13. The number of nitrogens with one attached hydrogen (secondary N) is 1. The van der Waals surface area contributed by atoms with Gasteiger partial charge in [-0.1, -0.05) is 12.1 Å². The zero-order chi connectivity index (χ0) is 15.4. The average molecular weight is 464 g/mol. The van der Waals surface area contributed by atoms with E-state index in [4.69, 9.17) is 5.84 Å². The minimum Gasteiger partial charge on any atom is -0.308 e. The first kappa shape index (κ1) is 16.9. The summed E-state index contributed by atoms with van der Waals surface area (Å²) in [5.74, 6) is 5.82. The van der Waals surface area contributed by atoms with Crippen molar-refractivity contribution in [2.75, 3.05) is 20.6 Å². The number of nitrogens with zero attached hydrogens (tertiary/aromatic N) is 3. The molecular formula is C14H19BrIN5. The molecule has 0 amide bonds. The van der Waals surface area contributed by atoms with E-state index in [0.717, 1.165) is 28.8 Å². The SMILES string of the molecule is CN(C)CCn1ncc(Br)c1C(NN)c1cccc(I)c1. The molecule has 0 bridgehead atoms. The molecule has 0 saturated carbocycles. The van der Waals surface area contributed by atoms with E-state index in [-0.39, 0.29) is 6.04 Å². The molecule has 0 aliphatic rings. The fraction of sp³-hybridized carbons (Fsp3) is 0.357. The van der Waals surface area contributed by atoms with E-state index in [1.807, 2.05) is 16.9 Å². The molecule has 0 spiro atoms. The largest absolute Gasteiger partial charge is 0.308 e. The lowest BCUT2D eigenvalue weighted by Gasteiger charge is -2.20. The fourth-order valence-electron chi connectivity index (χ4n) is 2.15. The van der Waals surface area contributed by atoms with Gasteiger partial charge in [0.2, 0.25) is 0 Å². The minimum absolute atomic E-state index is 0.0984. The zero-order valence-corrected chi connectivity index (χ0v) is 15.8. The van der Waals surface area contributed by atoms with Gasteiger partial charge in [0.1, 0.15) is 0 Å². The number of aromatic nitrogens is 2.